The minimum atomic E-state index is -0.0467. The minimum Gasteiger partial charge on any atom is -0.343 e. The van der Waals surface area contributed by atoms with E-state index >= 15 is 0 Å². The molecular formula is C16H22BrN3O2S. The molecule has 0 unspecified atom stereocenters. The Morgan fingerprint density at radius 1 is 1.39 bits per heavy atom. The smallest absolute Gasteiger partial charge is 0.228 e. The number of amides is 2. The number of anilines is 1. The van der Waals surface area contributed by atoms with Gasteiger partial charge in [-0.1, -0.05) is 6.92 Å². The molecular weight excluding hydrogens is 378 g/mol. The van der Waals surface area contributed by atoms with Crippen LogP contribution < -0.4 is 5.32 Å². The molecule has 0 bridgehead atoms. The molecule has 0 radical (unpaired) electrons. The maximum absolute atomic E-state index is 12.3. The van der Waals surface area contributed by atoms with Crippen LogP contribution in [0.25, 0.3) is 0 Å². The number of carbonyl (C=O) groups excluding carboxylic acids is 2. The molecule has 0 saturated carbocycles. The van der Waals surface area contributed by atoms with Crippen molar-refractivity contribution in [3.05, 3.63) is 22.8 Å². The van der Waals surface area contributed by atoms with E-state index in [9.17, 15) is 9.59 Å². The fourth-order valence-corrected chi connectivity index (χ4v) is 3.37. The zero-order chi connectivity index (χ0) is 16.7. The number of thioether (sulfide) groups is 1. The first-order valence-corrected chi connectivity index (χ1v) is 9.83. The Labute approximate surface area is 149 Å². The molecule has 0 atom stereocenters. The normalized spacial score (nSPS) is 15.5. The van der Waals surface area contributed by atoms with Crippen molar-refractivity contribution >= 4 is 45.3 Å². The van der Waals surface area contributed by atoms with Gasteiger partial charge in [0.15, 0.2) is 0 Å². The molecule has 2 rings (SSSR count). The van der Waals surface area contributed by atoms with Gasteiger partial charge in [0.25, 0.3) is 0 Å². The van der Waals surface area contributed by atoms with Crippen LogP contribution in [0.15, 0.2) is 22.8 Å². The summed E-state index contributed by atoms with van der Waals surface area (Å²) in [4.78, 5) is 30.4. The molecule has 1 aromatic rings. The SMILES string of the molecule is CCSCCC(=O)N1CCC(C(=O)Nc2ccc(Br)cn2)CC1. The van der Waals surface area contributed by atoms with Crippen molar-refractivity contribution in [2.45, 2.75) is 26.2 Å². The minimum absolute atomic E-state index is 0.00606. The Hall–Kier alpha value is -1.08. The number of halogens is 1. The van der Waals surface area contributed by atoms with E-state index in [0.717, 1.165) is 28.8 Å². The van der Waals surface area contributed by atoms with Gasteiger partial charge in [0.05, 0.1) is 0 Å². The summed E-state index contributed by atoms with van der Waals surface area (Å²) in [5.41, 5.74) is 0. The van der Waals surface area contributed by atoms with Gasteiger partial charge in [-0.3, -0.25) is 9.59 Å². The van der Waals surface area contributed by atoms with Crippen LogP contribution in [0.2, 0.25) is 0 Å². The van der Waals surface area contributed by atoms with Crippen LogP contribution in [-0.2, 0) is 9.59 Å². The summed E-state index contributed by atoms with van der Waals surface area (Å²) in [6.07, 6.45) is 3.69. The van der Waals surface area contributed by atoms with Gasteiger partial charge in [0.1, 0.15) is 5.82 Å². The summed E-state index contributed by atoms with van der Waals surface area (Å²) in [5.74, 6) is 2.64. The first-order chi connectivity index (χ1) is 11.1. The van der Waals surface area contributed by atoms with Gasteiger partial charge in [0, 0.05) is 41.9 Å². The molecule has 126 valence electrons. The zero-order valence-electron chi connectivity index (χ0n) is 13.3. The fourth-order valence-electron chi connectivity index (χ4n) is 2.53. The quantitative estimate of drug-likeness (QED) is 0.746. The highest BCUT2D eigenvalue weighted by Gasteiger charge is 2.27. The maximum atomic E-state index is 12.3. The van der Waals surface area contributed by atoms with Gasteiger partial charge < -0.3 is 10.2 Å². The highest BCUT2D eigenvalue weighted by molar-refractivity contribution is 9.10. The highest BCUT2D eigenvalue weighted by Crippen LogP contribution is 2.20. The third-order valence-electron chi connectivity index (χ3n) is 3.86. The van der Waals surface area contributed by atoms with E-state index in [1.54, 1.807) is 24.0 Å². The van der Waals surface area contributed by atoms with Gasteiger partial charge in [-0.2, -0.15) is 11.8 Å². The molecule has 1 N–H and O–H groups in total. The van der Waals surface area contributed by atoms with Crippen molar-refractivity contribution in [2.24, 2.45) is 5.92 Å². The van der Waals surface area contributed by atoms with E-state index in [1.165, 1.54) is 0 Å². The van der Waals surface area contributed by atoms with E-state index in [-0.39, 0.29) is 17.7 Å². The van der Waals surface area contributed by atoms with Crippen LogP contribution in [0, 0.1) is 5.92 Å². The molecule has 7 heteroatoms. The second-order valence-corrected chi connectivity index (χ2v) is 7.76. The molecule has 0 aromatic carbocycles. The molecule has 23 heavy (non-hydrogen) atoms. The number of piperidine rings is 1. The molecule has 1 aromatic heterocycles. The lowest BCUT2D eigenvalue weighted by atomic mass is 9.95. The van der Waals surface area contributed by atoms with Crippen molar-refractivity contribution in [3.63, 3.8) is 0 Å². The molecule has 5 nitrogen and oxygen atoms in total. The number of rotatable bonds is 6. The zero-order valence-corrected chi connectivity index (χ0v) is 15.7. The van der Waals surface area contributed by atoms with E-state index in [1.807, 2.05) is 11.0 Å². The second-order valence-electron chi connectivity index (χ2n) is 5.45. The molecule has 0 aliphatic carbocycles. The van der Waals surface area contributed by atoms with Crippen molar-refractivity contribution in [1.82, 2.24) is 9.88 Å². The van der Waals surface area contributed by atoms with Crippen molar-refractivity contribution in [3.8, 4) is 0 Å². The van der Waals surface area contributed by atoms with Crippen LogP contribution in [0.1, 0.15) is 26.2 Å². The number of nitrogens with zero attached hydrogens (tertiary/aromatic N) is 2. The summed E-state index contributed by atoms with van der Waals surface area (Å²) in [5, 5.41) is 2.85. The number of aromatic nitrogens is 1. The molecule has 2 heterocycles. The van der Waals surface area contributed by atoms with Gasteiger partial charge in [-0.05, 0) is 46.7 Å². The Morgan fingerprint density at radius 3 is 2.74 bits per heavy atom. The summed E-state index contributed by atoms with van der Waals surface area (Å²) >= 11 is 5.10. The topological polar surface area (TPSA) is 62.3 Å². The Morgan fingerprint density at radius 2 is 2.13 bits per heavy atom. The second kappa shape index (κ2) is 9.27. The van der Waals surface area contributed by atoms with Crippen molar-refractivity contribution < 1.29 is 9.59 Å². The predicted octanol–water partition coefficient (Wildman–Crippen LogP) is 3.16. The van der Waals surface area contributed by atoms with Crippen LogP contribution in [0.4, 0.5) is 5.82 Å². The van der Waals surface area contributed by atoms with Gasteiger partial charge in [-0.15, -0.1) is 0 Å². The Kier molecular flexibility index (Phi) is 7.36. The third-order valence-corrected chi connectivity index (χ3v) is 5.23. The number of hydrogen-bond acceptors (Lipinski definition) is 4. The molecule has 1 fully saturated rings. The summed E-state index contributed by atoms with van der Waals surface area (Å²) in [6.45, 7) is 3.43. The lowest BCUT2D eigenvalue weighted by Crippen LogP contribution is -2.41. The lowest BCUT2D eigenvalue weighted by molar-refractivity contribution is -0.134. The Bertz CT molecular complexity index is 531. The molecule has 1 saturated heterocycles. The highest BCUT2D eigenvalue weighted by atomic mass is 79.9. The van der Waals surface area contributed by atoms with Crippen molar-refractivity contribution in [2.75, 3.05) is 29.9 Å². The van der Waals surface area contributed by atoms with Gasteiger partial charge in [-0.25, -0.2) is 4.98 Å². The fraction of sp³-hybridized carbons (Fsp3) is 0.562. The van der Waals surface area contributed by atoms with E-state index in [4.69, 9.17) is 0 Å². The number of likely N-dealkylation sites (tertiary alicyclic amines) is 1. The van der Waals surface area contributed by atoms with Crippen LogP contribution in [0.5, 0.6) is 0 Å². The predicted molar refractivity (Wildman–Crippen MR) is 97.5 cm³/mol. The number of pyridine rings is 1. The molecule has 0 spiro atoms. The summed E-state index contributed by atoms with van der Waals surface area (Å²) in [7, 11) is 0. The molecule has 1 aliphatic rings. The van der Waals surface area contributed by atoms with Crippen LogP contribution in [-0.4, -0.2) is 46.3 Å². The summed E-state index contributed by atoms with van der Waals surface area (Å²) < 4.78 is 0.878. The average Bonchev–Trinajstić information content (AvgIpc) is 2.57. The summed E-state index contributed by atoms with van der Waals surface area (Å²) in [6, 6.07) is 3.62. The van der Waals surface area contributed by atoms with Gasteiger partial charge in [0.2, 0.25) is 11.8 Å². The van der Waals surface area contributed by atoms with Crippen LogP contribution in [0.3, 0.4) is 0 Å². The molecule has 1 aliphatic heterocycles. The van der Waals surface area contributed by atoms with Gasteiger partial charge >= 0.3 is 0 Å². The average molecular weight is 400 g/mol. The maximum Gasteiger partial charge on any atom is 0.228 e. The monoisotopic (exact) mass is 399 g/mol. The first kappa shape index (κ1) is 18.3. The number of nitrogens with one attached hydrogen (secondary N) is 1. The van der Waals surface area contributed by atoms with Crippen molar-refractivity contribution in [1.29, 1.82) is 0 Å². The molecule has 2 amide bonds. The van der Waals surface area contributed by atoms with E-state index in [2.05, 4.69) is 33.2 Å². The Balaban J connectivity index is 1.76. The number of hydrogen-bond donors (Lipinski definition) is 1. The lowest BCUT2D eigenvalue weighted by Gasteiger charge is -2.31. The largest absolute Gasteiger partial charge is 0.343 e. The standard InChI is InChI=1S/C16H22BrN3O2S/c1-2-23-10-7-15(21)20-8-5-12(6-9-20)16(22)19-14-4-3-13(17)11-18-14/h3-4,11-12H,2,5-10H2,1H3,(H,18,19,22). The van der Waals surface area contributed by atoms with Crippen LogP contribution >= 0.6 is 27.7 Å². The third kappa shape index (κ3) is 5.80. The van der Waals surface area contributed by atoms with E-state index in [0.29, 0.717) is 25.3 Å². The number of carbonyl (C=O) groups is 2. The van der Waals surface area contributed by atoms with E-state index < -0.39 is 0 Å². The first-order valence-electron chi connectivity index (χ1n) is 7.88.